The lowest BCUT2D eigenvalue weighted by atomic mass is 10.1. The second-order valence-electron chi connectivity index (χ2n) is 4.39. The van der Waals surface area contributed by atoms with Crippen LogP contribution < -0.4 is 5.32 Å². The molecule has 2 rings (SSSR count). The Morgan fingerprint density at radius 2 is 2.11 bits per heavy atom. The predicted octanol–water partition coefficient (Wildman–Crippen LogP) is 0.953. The molecule has 96 valence electrons. The second-order valence-corrected chi connectivity index (χ2v) is 4.39. The predicted molar refractivity (Wildman–Crippen MR) is 67.0 cm³/mol. The van der Waals surface area contributed by atoms with Crippen molar-refractivity contribution in [1.29, 1.82) is 0 Å². The molecule has 6 nitrogen and oxygen atoms in total. The van der Waals surface area contributed by atoms with E-state index in [1.54, 1.807) is 35.0 Å². The molecule has 0 bridgehead atoms. The molecule has 2 aromatic rings. The van der Waals surface area contributed by atoms with E-state index < -0.39 is 0 Å². The minimum Gasteiger partial charge on any atom is -0.344 e. The van der Waals surface area contributed by atoms with Crippen LogP contribution in [-0.4, -0.2) is 25.2 Å². The number of aromatic nitrogens is 4. The van der Waals surface area contributed by atoms with Gasteiger partial charge >= 0.3 is 0 Å². The highest BCUT2D eigenvalue weighted by molar-refractivity contribution is 5.92. The summed E-state index contributed by atoms with van der Waals surface area (Å²) in [7, 11) is 3.68. The van der Waals surface area contributed by atoms with Crippen molar-refractivity contribution in [1.82, 2.24) is 24.6 Å². The standard InChI is InChI=1S/C12H17N5O/c1-8(10-5-14-17(4)9(10)2)15-12(18)11-6-13-7-16(11)3/h5-8H,1-4H3,(H,15,18)/t8-/m0/s1. The van der Waals surface area contributed by atoms with Gasteiger partial charge in [-0.2, -0.15) is 5.10 Å². The molecule has 0 aliphatic carbocycles. The molecule has 0 fully saturated rings. The first-order valence-electron chi connectivity index (χ1n) is 5.76. The van der Waals surface area contributed by atoms with Crippen molar-refractivity contribution in [3.63, 3.8) is 0 Å². The quantitative estimate of drug-likeness (QED) is 0.878. The van der Waals surface area contributed by atoms with E-state index in [1.807, 2.05) is 20.9 Å². The Morgan fingerprint density at radius 3 is 2.61 bits per heavy atom. The first-order chi connectivity index (χ1) is 8.50. The summed E-state index contributed by atoms with van der Waals surface area (Å²) < 4.78 is 3.49. The average molecular weight is 247 g/mol. The van der Waals surface area contributed by atoms with Gasteiger partial charge in [0.1, 0.15) is 5.69 Å². The maximum absolute atomic E-state index is 12.0. The molecule has 0 saturated heterocycles. The number of nitrogens with one attached hydrogen (secondary N) is 1. The second kappa shape index (κ2) is 4.64. The highest BCUT2D eigenvalue weighted by atomic mass is 16.2. The van der Waals surface area contributed by atoms with Crippen LogP contribution in [0.2, 0.25) is 0 Å². The van der Waals surface area contributed by atoms with Gasteiger partial charge in [0.15, 0.2) is 0 Å². The lowest BCUT2D eigenvalue weighted by Crippen LogP contribution is -2.28. The Bertz CT molecular complexity index is 569. The van der Waals surface area contributed by atoms with Gasteiger partial charge in [0.25, 0.3) is 5.91 Å². The molecule has 0 radical (unpaired) electrons. The highest BCUT2D eigenvalue weighted by Crippen LogP contribution is 2.16. The van der Waals surface area contributed by atoms with Crippen LogP contribution in [0, 0.1) is 6.92 Å². The van der Waals surface area contributed by atoms with Crippen LogP contribution in [-0.2, 0) is 14.1 Å². The summed E-state index contributed by atoms with van der Waals surface area (Å²) in [4.78, 5) is 16.0. The summed E-state index contributed by atoms with van der Waals surface area (Å²) in [5, 5.41) is 7.11. The lowest BCUT2D eigenvalue weighted by Gasteiger charge is -2.13. The molecular formula is C12H17N5O. The lowest BCUT2D eigenvalue weighted by molar-refractivity contribution is 0.0931. The molecule has 1 N–H and O–H groups in total. The van der Waals surface area contributed by atoms with E-state index in [1.165, 1.54) is 0 Å². The van der Waals surface area contributed by atoms with Crippen molar-refractivity contribution in [3.8, 4) is 0 Å². The van der Waals surface area contributed by atoms with Gasteiger partial charge < -0.3 is 9.88 Å². The molecule has 0 saturated carbocycles. The third-order valence-electron chi connectivity index (χ3n) is 3.14. The molecule has 0 unspecified atom stereocenters. The SMILES string of the molecule is Cc1c([C@H](C)NC(=O)c2cncn2C)cnn1C. The molecule has 2 aromatic heterocycles. The van der Waals surface area contributed by atoms with Crippen LogP contribution in [0.1, 0.15) is 34.7 Å². The monoisotopic (exact) mass is 247 g/mol. The minimum absolute atomic E-state index is 0.0823. The molecule has 0 aliphatic rings. The third-order valence-corrected chi connectivity index (χ3v) is 3.14. The largest absolute Gasteiger partial charge is 0.344 e. The van der Waals surface area contributed by atoms with Gasteiger partial charge in [-0.05, 0) is 13.8 Å². The number of amides is 1. The van der Waals surface area contributed by atoms with Gasteiger partial charge in [0, 0.05) is 25.4 Å². The first kappa shape index (κ1) is 12.3. The minimum atomic E-state index is -0.134. The number of hydrogen-bond donors (Lipinski definition) is 1. The van der Waals surface area contributed by atoms with E-state index in [4.69, 9.17) is 0 Å². The zero-order chi connectivity index (χ0) is 13.3. The fraction of sp³-hybridized carbons (Fsp3) is 0.417. The molecule has 18 heavy (non-hydrogen) atoms. The van der Waals surface area contributed by atoms with Crippen molar-refractivity contribution < 1.29 is 4.79 Å². The summed E-state index contributed by atoms with van der Waals surface area (Å²) >= 11 is 0. The Balaban J connectivity index is 2.13. The van der Waals surface area contributed by atoms with Crippen molar-refractivity contribution >= 4 is 5.91 Å². The maximum atomic E-state index is 12.0. The number of carbonyl (C=O) groups excluding carboxylic acids is 1. The summed E-state index contributed by atoms with van der Waals surface area (Å²) in [5.74, 6) is -0.134. The van der Waals surface area contributed by atoms with E-state index in [0.717, 1.165) is 11.3 Å². The van der Waals surface area contributed by atoms with Crippen molar-refractivity contribution in [2.75, 3.05) is 0 Å². The van der Waals surface area contributed by atoms with Crippen LogP contribution >= 0.6 is 0 Å². The molecular weight excluding hydrogens is 230 g/mol. The molecule has 1 atom stereocenters. The smallest absolute Gasteiger partial charge is 0.270 e. The zero-order valence-electron chi connectivity index (χ0n) is 11.0. The Kier molecular flexibility index (Phi) is 3.18. The molecule has 0 aliphatic heterocycles. The van der Waals surface area contributed by atoms with Gasteiger partial charge in [0.05, 0.1) is 24.8 Å². The number of hydrogen-bond acceptors (Lipinski definition) is 3. The maximum Gasteiger partial charge on any atom is 0.270 e. The normalized spacial score (nSPS) is 12.4. The van der Waals surface area contributed by atoms with Crippen LogP contribution in [0.25, 0.3) is 0 Å². The van der Waals surface area contributed by atoms with E-state index >= 15 is 0 Å². The molecule has 0 spiro atoms. The summed E-state index contributed by atoms with van der Waals surface area (Å²) in [6.07, 6.45) is 4.94. The number of imidazole rings is 1. The molecule has 0 aromatic carbocycles. The topological polar surface area (TPSA) is 64.7 Å². The van der Waals surface area contributed by atoms with Crippen LogP contribution in [0.4, 0.5) is 0 Å². The molecule has 2 heterocycles. The van der Waals surface area contributed by atoms with Crippen molar-refractivity contribution in [2.45, 2.75) is 19.9 Å². The summed E-state index contributed by atoms with van der Waals surface area (Å²) in [6.45, 7) is 3.92. The van der Waals surface area contributed by atoms with Gasteiger partial charge in [0.2, 0.25) is 0 Å². The fourth-order valence-corrected chi connectivity index (χ4v) is 1.87. The first-order valence-corrected chi connectivity index (χ1v) is 5.76. The number of rotatable bonds is 3. The van der Waals surface area contributed by atoms with Gasteiger partial charge in [-0.15, -0.1) is 0 Å². The number of nitrogens with zero attached hydrogens (tertiary/aromatic N) is 4. The van der Waals surface area contributed by atoms with Crippen molar-refractivity contribution in [2.24, 2.45) is 14.1 Å². The van der Waals surface area contributed by atoms with Gasteiger partial charge in [-0.3, -0.25) is 9.48 Å². The third kappa shape index (κ3) is 2.13. The Morgan fingerprint density at radius 1 is 1.39 bits per heavy atom. The molecule has 6 heteroatoms. The Labute approximate surface area is 106 Å². The van der Waals surface area contributed by atoms with Crippen LogP contribution in [0.15, 0.2) is 18.7 Å². The number of carbonyl (C=O) groups is 1. The van der Waals surface area contributed by atoms with E-state index in [2.05, 4.69) is 15.4 Å². The average Bonchev–Trinajstić information content (AvgIpc) is 2.87. The summed E-state index contributed by atoms with van der Waals surface area (Å²) in [5.41, 5.74) is 2.62. The molecule has 1 amide bonds. The van der Waals surface area contributed by atoms with Crippen molar-refractivity contribution in [3.05, 3.63) is 35.7 Å². The van der Waals surface area contributed by atoms with Crippen LogP contribution in [0.3, 0.4) is 0 Å². The van der Waals surface area contributed by atoms with Gasteiger partial charge in [-0.25, -0.2) is 4.98 Å². The zero-order valence-corrected chi connectivity index (χ0v) is 11.0. The Hall–Kier alpha value is -2.11. The van der Waals surface area contributed by atoms with Gasteiger partial charge in [-0.1, -0.05) is 0 Å². The number of aryl methyl sites for hydroxylation is 2. The summed E-state index contributed by atoms with van der Waals surface area (Å²) in [6, 6.07) is -0.0823. The van der Waals surface area contributed by atoms with Crippen LogP contribution in [0.5, 0.6) is 0 Å². The van der Waals surface area contributed by atoms with E-state index in [9.17, 15) is 4.79 Å². The fourth-order valence-electron chi connectivity index (χ4n) is 1.87. The van der Waals surface area contributed by atoms with E-state index in [-0.39, 0.29) is 11.9 Å². The van der Waals surface area contributed by atoms with E-state index in [0.29, 0.717) is 5.69 Å². The highest BCUT2D eigenvalue weighted by Gasteiger charge is 2.17.